The quantitative estimate of drug-likeness (QED) is 0.808. The van der Waals surface area contributed by atoms with Crippen LogP contribution >= 0.6 is 0 Å². The predicted octanol–water partition coefficient (Wildman–Crippen LogP) is 3.82. The molecule has 0 saturated heterocycles. The van der Waals surface area contributed by atoms with Crippen molar-refractivity contribution >= 4 is 11.9 Å². The number of ether oxygens (including phenoxy) is 1. The third-order valence-corrected chi connectivity index (χ3v) is 3.37. The number of alkyl halides is 3. The zero-order valence-corrected chi connectivity index (χ0v) is 13.0. The maximum atomic E-state index is 12.9. The first-order chi connectivity index (χ1) is 11.3. The van der Waals surface area contributed by atoms with Crippen LogP contribution in [0.5, 0.6) is 5.75 Å². The van der Waals surface area contributed by atoms with Crippen molar-refractivity contribution in [3.05, 3.63) is 35.6 Å². The van der Waals surface area contributed by atoms with E-state index in [1.54, 1.807) is 6.92 Å². The van der Waals surface area contributed by atoms with Crippen LogP contribution in [0.3, 0.4) is 0 Å². The fourth-order valence-corrected chi connectivity index (χ4v) is 2.18. The third-order valence-electron chi connectivity index (χ3n) is 3.37. The van der Waals surface area contributed by atoms with Gasteiger partial charge in [-0.05, 0) is 17.7 Å². The number of nitrogens with one attached hydrogen (secondary N) is 1. The van der Waals surface area contributed by atoms with E-state index in [2.05, 4.69) is 10.1 Å². The number of hydrogen-bond donors (Lipinski definition) is 2. The average molecular weight is 343 g/mol. The maximum Gasteiger partial charge on any atom is 0.416 e. The number of furan rings is 1. The van der Waals surface area contributed by atoms with Gasteiger partial charge in [0.05, 0.1) is 18.2 Å². The molecule has 1 aromatic carbocycles. The van der Waals surface area contributed by atoms with Gasteiger partial charge < -0.3 is 19.6 Å². The summed E-state index contributed by atoms with van der Waals surface area (Å²) in [4.78, 5) is 11.2. The number of esters is 1. The summed E-state index contributed by atoms with van der Waals surface area (Å²) in [6, 6.07) is 4.50. The SMILES string of the molecule is CCc1oc(NCC(=O)OC)c(-c2cccc(C(F)(F)F)c2)c1O. The Morgan fingerprint density at radius 3 is 2.67 bits per heavy atom. The standard InChI is InChI=1S/C16H16F3NO4/c1-3-11-14(22)13(15(24-11)20-8-12(21)23-2)9-5-4-6-10(7-9)16(17,18)19/h4-7,20,22H,3,8H2,1-2H3. The van der Waals surface area contributed by atoms with E-state index >= 15 is 0 Å². The van der Waals surface area contributed by atoms with Gasteiger partial charge in [0.1, 0.15) is 12.3 Å². The van der Waals surface area contributed by atoms with Crippen LogP contribution in [0.2, 0.25) is 0 Å². The number of aromatic hydroxyl groups is 1. The molecule has 0 aliphatic rings. The minimum absolute atomic E-state index is 0.00840. The van der Waals surface area contributed by atoms with Gasteiger partial charge in [-0.1, -0.05) is 19.1 Å². The van der Waals surface area contributed by atoms with E-state index in [1.165, 1.54) is 19.2 Å². The number of benzene rings is 1. The summed E-state index contributed by atoms with van der Waals surface area (Å²) in [6.07, 6.45) is -4.18. The van der Waals surface area contributed by atoms with Gasteiger partial charge in [0.25, 0.3) is 0 Å². The summed E-state index contributed by atoms with van der Waals surface area (Å²) in [5, 5.41) is 12.9. The number of rotatable bonds is 5. The molecule has 24 heavy (non-hydrogen) atoms. The van der Waals surface area contributed by atoms with Crippen LogP contribution in [0.1, 0.15) is 18.2 Å². The molecule has 2 N–H and O–H groups in total. The number of anilines is 1. The molecule has 0 aliphatic carbocycles. The van der Waals surface area contributed by atoms with Crippen molar-refractivity contribution in [1.82, 2.24) is 0 Å². The van der Waals surface area contributed by atoms with Gasteiger partial charge in [-0.25, -0.2) is 0 Å². The van der Waals surface area contributed by atoms with Crippen LogP contribution in [-0.4, -0.2) is 24.7 Å². The molecule has 0 spiro atoms. The van der Waals surface area contributed by atoms with Crippen LogP contribution < -0.4 is 5.32 Å². The highest BCUT2D eigenvalue weighted by Gasteiger charge is 2.31. The Labute approximate surface area is 136 Å². The minimum Gasteiger partial charge on any atom is -0.504 e. The Hall–Kier alpha value is -2.64. The van der Waals surface area contributed by atoms with E-state index < -0.39 is 17.7 Å². The highest BCUT2D eigenvalue weighted by Crippen LogP contribution is 2.43. The Balaban J connectivity index is 2.48. The molecule has 0 atom stereocenters. The first kappa shape index (κ1) is 17.7. The number of carbonyl (C=O) groups excluding carboxylic acids is 1. The molecule has 0 saturated carbocycles. The lowest BCUT2D eigenvalue weighted by Crippen LogP contribution is -2.15. The highest BCUT2D eigenvalue weighted by atomic mass is 19.4. The molecule has 1 heterocycles. The van der Waals surface area contributed by atoms with Crippen molar-refractivity contribution in [2.45, 2.75) is 19.5 Å². The van der Waals surface area contributed by atoms with Gasteiger partial charge in [0, 0.05) is 6.42 Å². The predicted molar refractivity (Wildman–Crippen MR) is 80.7 cm³/mol. The van der Waals surface area contributed by atoms with Gasteiger partial charge in [0.2, 0.25) is 5.88 Å². The molecule has 0 aliphatic heterocycles. The second-order valence-corrected chi connectivity index (χ2v) is 4.94. The third kappa shape index (κ3) is 3.64. The molecule has 8 heteroatoms. The lowest BCUT2D eigenvalue weighted by atomic mass is 10.0. The summed E-state index contributed by atoms with van der Waals surface area (Å²) < 4.78 is 48.6. The Morgan fingerprint density at radius 2 is 2.08 bits per heavy atom. The number of hydrogen-bond acceptors (Lipinski definition) is 5. The molecule has 0 amide bonds. The molecule has 0 radical (unpaired) electrons. The Morgan fingerprint density at radius 1 is 1.38 bits per heavy atom. The second-order valence-electron chi connectivity index (χ2n) is 4.94. The van der Waals surface area contributed by atoms with Crippen LogP contribution in [0.4, 0.5) is 19.1 Å². The Bertz CT molecular complexity index is 737. The van der Waals surface area contributed by atoms with E-state index in [1.807, 2.05) is 0 Å². The van der Waals surface area contributed by atoms with E-state index in [4.69, 9.17) is 4.42 Å². The fraction of sp³-hybridized carbons (Fsp3) is 0.312. The topological polar surface area (TPSA) is 71.7 Å². The maximum absolute atomic E-state index is 12.9. The van der Waals surface area contributed by atoms with Crippen LogP contribution in [-0.2, 0) is 22.1 Å². The normalized spacial score (nSPS) is 11.4. The lowest BCUT2D eigenvalue weighted by molar-refractivity contribution is -0.139. The van der Waals surface area contributed by atoms with Crippen LogP contribution in [0.25, 0.3) is 11.1 Å². The largest absolute Gasteiger partial charge is 0.504 e. The van der Waals surface area contributed by atoms with Crippen molar-refractivity contribution in [2.24, 2.45) is 0 Å². The van der Waals surface area contributed by atoms with Crippen molar-refractivity contribution in [1.29, 1.82) is 0 Å². The molecular formula is C16H16F3NO4. The van der Waals surface area contributed by atoms with Crippen molar-refractivity contribution in [3.8, 4) is 16.9 Å². The van der Waals surface area contributed by atoms with Crippen molar-refractivity contribution in [2.75, 3.05) is 19.0 Å². The molecule has 2 rings (SSSR count). The lowest BCUT2D eigenvalue weighted by Gasteiger charge is -2.09. The second kappa shape index (κ2) is 6.86. The summed E-state index contributed by atoms with van der Waals surface area (Å²) in [5.74, 6) is -0.632. The number of carbonyl (C=O) groups is 1. The average Bonchev–Trinajstić information content (AvgIpc) is 2.87. The van der Waals surface area contributed by atoms with Gasteiger partial charge in [-0.2, -0.15) is 13.2 Å². The molecule has 0 fully saturated rings. The molecular weight excluding hydrogens is 327 g/mol. The summed E-state index contributed by atoms with van der Waals surface area (Å²) in [7, 11) is 1.20. The highest BCUT2D eigenvalue weighted by molar-refractivity contribution is 5.84. The van der Waals surface area contributed by atoms with Crippen LogP contribution in [0, 0.1) is 0 Å². The van der Waals surface area contributed by atoms with Crippen molar-refractivity contribution < 1.29 is 32.2 Å². The zero-order chi connectivity index (χ0) is 17.9. The molecule has 5 nitrogen and oxygen atoms in total. The fourth-order valence-electron chi connectivity index (χ4n) is 2.18. The van der Waals surface area contributed by atoms with E-state index in [0.29, 0.717) is 6.42 Å². The molecule has 0 bridgehead atoms. The summed E-state index contributed by atoms with van der Waals surface area (Å²) in [5.41, 5.74) is -0.655. The zero-order valence-electron chi connectivity index (χ0n) is 13.0. The number of aryl methyl sites for hydroxylation is 1. The van der Waals surface area contributed by atoms with Gasteiger partial charge in [0.15, 0.2) is 5.75 Å². The number of halogens is 3. The molecule has 2 aromatic rings. The molecule has 130 valence electrons. The van der Waals surface area contributed by atoms with Gasteiger partial charge >= 0.3 is 12.1 Å². The molecule has 0 unspecified atom stereocenters. The smallest absolute Gasteiger partial charge is 0.416 e. The van der Waals surface area contributed by atoms with E-state index in [-0.39, 0.29) is 35.1 Å². The summed E-state index contributed by atoms with van der Waals surface area (Å²) >= 11 is 0. The molecule has 1 aromatic heterocycles. The van der Waals surface area contributed by atoms with E-state index in [9.17, 15) is 23.1 Å². The monoisotopic (exact) mass is 343 g/mol. The van der Waals surface area contributed by atoms with Crippen molar-refractivity contribution in [3.63, 3.8) is 0 Å². The van der Waals surface area contributed by atoms with Gasteiger partial charge in [-0.3, -0.25) is 4.79 Å². The minimum atomic E-state index is -4.51. The van der Waals surface area contributed by atoms with Gasteiger partial charge in [-0.15, -0.1) is 0 Å². The number of methoxy groups -OCH3 is 1. The van der Waals surface area contributed by atoms with Crippen LogP contribution in [0.15, 0.2) is 28.7 Å². The Kier molecular flexibility index (Phi) is 5.06. The first-order valence-corrected chi connectivity index (χ1v) is 7.10. The van der Waals surface area contributed by atoms with E-state index in [0.717, 1.165) is 12.1 Å². The summed E-state index contributed by atoms with van der Waals surface area (Å²) in [6.45, 7) is 1.47. The first-order valence-electron chi connectivity index (χ1n) is 7.10.